The van der Waals surface area contributed by atoms with Gasteiger partial charge in [-0.2, -0.15) is 0 Å². The van der Waals surface area contributed by atoms with E-state index in [0.717, 1.165) is 0 Å². The van der Waals surface area contributed by atoms with E-state index in [1.54, 1.807) is 6.07 Å². The van der Waals surface area contributed by atoms with E-state index in [2.05, 4.69) is 98.2 Å². The standard InChI is InChI=1S/C30H50O7Si5/c1-38(2,3)33-22-19-25-27(26(20-22)36-41(10,11)12)28(31)30(37-42(13,14)15)29(32-25)21-16-17-23(34-39(4,5)6)24(18-21)35-40(7,8)9/h16-20H,1-15H3. The van der Waals surface area contributed by atoms with Crippen LogP contribution in [0.1, 0.15) is 0 Å². The molecule has 2 aromatic carbocycles. The highest BCUT2D eigenvalue weighted by molar-refractivity contribution is 6.72. The van der Waals surface area contributed by atoms with Gasteiger partial charge in [0.2, 0.25) is 47.0 Å². The van der Waals surface area contributed by atoms with Gasteiger partial charge in [0, 0.05) is 17.7 Å². The van der Waals surface area contributed by atoms with Crippen molar-refractivity contribution in [2.24, 2.45) is 0 Å². The summed E-state index contributed by atoms with van der Waals surface area (Å²) in [6, 6.07) is 9.37. The summed E-state index contributed by atoms with van der Waals surface area (Å²) in [5.41, 5.74) is 0.830. The number of rotatable bonds is 11. The molecular weight excluding hydrogens is 613 g/mol. The number of hydrogen-bond acceptors (Lipinski definition) is 7. The molecule has 0 saturated carbocycles. The second-order valence-corrected chi connectivity index (χ2v) is 37.8. The highest BCUT2D eigenvalue weighted by atomic mass is 28.4. The average molecular weight is 663 g/mol. The van der Waals surface area contributed by atoms with Crippen LogP contribution in [-0.4, -0.2) is 41.6 Å². The van der Waals surface area contributed by atoms with Gasteiger partial charge in [0.1, 0.15) is 34.0 Å². The van der Waals surface area contributed by atoms with Crippen molar-refractivity contribution in [2.45, 2.75) is 98.2 Å². The van der Waals surface area contributed by atoms with Crippen LogP contribution in [0.25, 0.3) is 22.3 Å². The predicted octanol–water partition coefficient (Wildman–Crippen LogP) is 9.53. The second kappa shape index (κ2) is 11.7. The molecule has 0 spiro atoms. The molecule has 1 heterocycles. The number of benzene rings is 2. The van der Waals surface area contributed by atoms with Gasteiger partial charge in [-0.15, -0.1) is 0 Å². The highest BCUT2D eigenvalue weighted by Gasteiger charge is 2.30. The lowest BCUT2D eigenvalue weighted by Gasteiger charge is -2.27. The molecule has 3 aromatic rings. The van der Waals surface area contributed by atoms with E-state index in [9.17, 15) is 4.79 Å². The fraction of sp³-hybridized carbons (Fsp3) is 0.500. The Balaban J connectivity index is 2.41. The minimum absolute atomic E-state index is 0.193. The third kappa shape index (κ3) is 9.90. The zero-order chi connectivity index (χ0) is 32.1. The first-order valence-corrected chi connectivity index (χ1v) is 31.6. The van der Waals surface area contributed by atoms with Crippen LogP contribution in [0.4, 0.5) is 0 Å². The van der Waals surface area contributed by atoms with Crippen LogP contribution in [0, 0.1) is 0 Å². The Morgan fingerprint density at radius 3 is 1.50 bits per heavy atom. The van der Waals surface area contributed by atoms with Gasteiger partial charge < -0.3 is 26.5 Å². The highest BCUT2D eigenvalue weighted by Crippen LogP contribution is 2.42. The van der Waals surface area contributed by atoms with Crippen molar-refractivity contribution in [3.8, 4) is 40.1 Å². The summed E-state index contributed by atoms with van der Waals surface area (Å²) in [5, 5.41) is 0.370. The third-order valence-corrected chi connectivity index (χ3v) is 9.34. The lowest BCUT2D eigenvalue weighted by molar-refractivity contribution is 0.487. The summed E-state index contributed by atoms with van der Waals surface area (Å²) >= 11 is 0. The molecule has 0 bridgehead atoms. The van der Waals surface area contributed by atoms with Crippen LogP contribution < -0.4 is 27.6 Å². The first-order chi connectivity index (χ1) is 18.8. The van der Waals surface area contributed by atoms with Crippen molar-refractivity contribution in [3.63, 3.8) is 0 Å². The maximum absolute atomic E-state index is 14.4. The van der Waals surface area contributed by atoms with Crippen LogP contribution in [0.2, 0.25) is 98.2 Å². The first-order valence-electron chi connectivity index (χ1n) is 14.5. The van der Waals surface area contributed by atoms with Gasteiger partial charge in [-0.3, -0.25) is 4.79 Å². The summed E-state index contributed by atoms with van der Waals surface area (Å²) in [4.78, 5) is 14.4. The van der Waals surface area contributed by atoms with Crippen molar-refractivity contribution in [2.75, 3.05) is 0 Å². The normalized spacial score (nSPS) is 13.2. The molecule has 7 nitrogen and oxygen atoms in total. The Morgan fingerprint density at radius 2 is 1.00 bits per heavy atom. The molecule has 0 unspecified atom stereocenters. The molecule has 42 heavy (non-hydrogen) atoms. The average Bonchev–Trinajstić information content (AvgIpc) is 2.71. The topological polar surface area (TPSA) is 76.4 Å². The van der Waals surface area contributed by atoms with Crippen molar-refractivity contribution in [1.29, 1.82) is 0 Å². The molecule has 232 valence electrons. The van der Waals surface area contributed by atoms with E-state index in [-0.39, 0.29) is 11.2 Å². The molecule has 0 radical (unpaired) electrons. The van der Waals surface area contributed by atoms with Crippen LogP contribution in [0.15, 0.2) is 39.5 Å². The van der Waals surface area contributed by atoms with Crippen LogP contribution in [0.3, 0.4) is 0 Å². The molecule has 0 saturated heterocycles. The first kappa shape index (κ1) is 34.2. The zero-order valence-electron chi connectivity index (χ0n) is 28.2. The van der Waals surface area contributed by atoms with Crippen molar-refractivity contribution >= 4 is 52.6 Å². The third-order valence-electron chi connectivity index (χ3n) is 5.18. The fourth-order valence-electron chi connectivity index (χ4n) is 4.13. The van der Waals surface area contributed by atoms with E-state index in [1.165, 1.54) is 0 Å². The molecule has 0 atom stereocenters. The summed E-state index contributed by atoms with van der Waals surface area (Å²) in [6.45, 7) is 31.6. The van der Waals surface area contributed by atoms with Crippen LogP contribution >= 0.6 is 0 Å². The van der Waals surface area contributed by atoms with Gasteiger partial charge in [0.15, 0.2) is 11.5 Å². The van der Waals surface area contributed by atoms with E-state index in [1.807, 2.05) is 24.3 Å². The largest absolute Gasteiger partial charge is 0.544 e. The second-order valence-electron chi connectivity index (χ2n) is 15.6. The predicted molar refractivity (Wildman–Crippen MR) is 188 cm³/mol. The van der Waals surface area contributed by atoms with E-state index < -0.39 is 41.6 Å². The van der Waals surface area contributed by atoms with Crippen molar-refractivity contribution in [3.05, 3.63) is 40.6 Å². The Hall–Kier alpha value is -2.27. The summed E-state index contributed by atoms with van der Waals surface area (Å²) < 4.78 is 38.8. The molecule has 0 fully saturated rings. The number of hydrogen-bond donors (Lipinski definition) is 0. The van der Waals surface area contributed by atoms with Crippen LogP contribution in [0.5, 0.6) is 28.7 Å². The maximum atomic E-state index is 14.4. The Labute approximate surface area is 257 Å². The maximum Gasteiger partial charge on any atom is 0.242 e. The number of fused-ring (bicyclic) bond motifs is 1. The Bertz CT molecular complexity index is 1500. The quantitative estimate of drug-likeness (QED) is 0.189. The molecule has 0 amide bonds. The lowest BCUT2D eigenvalue weighted by Crippen LogP contribution is -2.33. The van der Waals surface area contributed by atoms with Crippen molar-refractivity contribution in [1.82, 2.24) is 0 Å². The van der Waals surface area contributed by atoms with E-state index in [0.29, 0.717) is 45.3 Å². The van der Waals surface area contributed by atoms with Crippen molar-refractivity contribution < 1.29 is 26.5 Å². The van der Waals surface area contributed by atoms with Crippen LogP contribution in [-0.2, 0) is 0 Å². The molecule has 0 aliphatic carbocycles. The molecule has 1 aromatic heterocycles. The Kier molecular flexibility index (Phi) is 9.51. The van der Waals surface area contributed by atoms with Gasteiger partial charge in [-0.1, -0.05) is 0 Å². The molecule has 0 N–H and O–H groups in total. The van der Waals surface area contributed by atoms with E-state index >= 15 is 0 Å². The van der Waals surface area contributed by atoms with Gasteiger partial charge in [-0.05, 0) is 116 Å². The fourth-order valence-corrected chi connectivity index (χ4v) is 8.22. The van der Waals surface area contributed by atoms with Gasteiger partial charge in [-0.25, -0.2) is 0 Å². The zero-order valence-corrected chi connectivity index (χ0v) is 33.2. The minimum Gasteiger partial charge on any atom is -0.544 e. The Morgan fingerprint density at radius 1 is 0.524 bits per heavy atom. The van der Waals surface area contributed by atoms with Gasteiger partial charge in [0.25, 0.3) is 0 Å². The molecule has 0 aliphatic rings. The SMILES string of the molecule is C[Si](C)(C)Oc1cc(O[Si](C)(C)C)c2c(=O)c(O[Si](C)(C)C)c(-c3ccc(O[Si](C)(C)C)c(O[Si](C)(C)C)c3)oc2c1. The van der Waals surface area contributed by atoms with Gasteiger partial charge in [0.05, 0.1) is 0 Å². The molecule has 12 heteroatoms. The molecular formula is C30H50O7Si5. The summed E-state index contributed by atoms with van der Waals surface area (Å²) in [7, 11) is -10.2. The summed E-state index contributed by atoms with van der Waals surface area (Å²) in [6.07, 6.45) is 0. The lowest BCUT2D eigenvalue weighted by atomic mass is 10.1. The smallest absolute Gasteiger partial charge is 0.242 e. The van der Waals surface area contributed by atoms with Gasteiger partial charge >= 0.3 is 0 Å². The molecule has 3 rings (SSSR count). The van der Waals surface area contributed by atoms with E-state index in [4.69, 9.17) is 26.5 Å². The summed E-state index contributed by atoms with van der Waals surface area (Å²) in [5.74, 6) is 3.01. The molecule has 0 aliphatic heterocycles. The monoisotopic (exact) mass is 662 g/mol. The minimum atomic E-state index is -2.24.